The Kier molecular flexibility index (Phi) is 5.64. The lowest BCUT2D eigenvalue weighted by atomic mass is 10.0. The van der Waals surface area contributed by atoms with Crippen LogP contribution in [0.15, 0.2) is 42.5 Å². The van der Waals surface area contributed by atoms with Crippen molar-refractivity contribution in [2.45, 2.75) is 31.9 Å². The fraction of sp³-hybridized carbons (Fsp3) is 0.364. The van der Waals surface area contributed by atoms with Crippen molar-refractivity contribution in [3.63, 3.8) is 0 Å². The zero-order valence-electron chi connectivity index (χ0n) is 15.6. The lowest BCUT2D eigenvalue weighted by Crippen LogP contribution is -2.33. The summed E-state index contributed by atoms with van der Waals surface area (Å²) in [4.78, 5) is 27.4. The molecule has 28 heavy (non-hydrogen) atoms. The number of ether oxygens (including phenoxy) is 1. The smallest absolute Gasteiger partial charge is 0.255 e. The Morgan fingerprint density at radius 3 is 2.79 bits per heavy atom. The van der Waals surface area contributed by atoms with Crippen LogP contribution in [0.4, 0.5) is 0 Å². The van der Waals surface area contributed by atoms with Gasteiger partial charge < -0.3 is 15.0 Å². The predicted octanol–water partition coefficient (Wildman–Crippen LogP) is 3.45. The van der Waals surface area contributed by atoms with E-state index in [2.05, 4.69) is 5.32 Å². The zero-order chi connectivity index (χ0) is 19.5. The molecular formula is C22H23ClN2O3. The van der Waals surface area contributed by atoms with Crippen molar-refractivity contribution in [2.75, 3.05) is 19.7 Å². The van der Waals surface area contributed by atoms with Crippen LogP contribution in [-0.2, 0) is 17.7 Å². The van der Waals surface area contributed by atoms with Gasteiger partial charge in [0.2, 0.25) is 0 Å². The summed E-state index contributed by atoms with van der Waals surface area (Å²) in [5.74, 6) is -0.285. The second-order valence-electron chi connectivity index (χ2n) is 7.29. The lowest BCUT2D eigenvalue weighted by Gasteiger charge is -2.19. The van der Waals surface area contributed by atoms with E-state index in [0.717, 1.165) is 30.6 Å². The van der Waals surface area contributed by atoms with Gasteiger partial charge in [-0.25, -0.2) is 0 Å². The number of carbonyl (C=O) groups is 2. The maximum absolute atomic E-state index is 12.9. The molecule has 0 radical (unpaired) electrons. The first-order chi connectivity index (χ1) is 13.6. The number of hydrogen-bond acceptors (Lipinski definition) is 3. The van der Waals surface area contributed by atoms with Crippen molar-refractivity contribution in [1.82, 2.24) is 10.2 Å². The molecular weight excluding hydrogens is 376 g/mol. The molecule has 2 aliphatic heterocycles. The van der Waals surface area contributed by atoms with E-state index in [4.69, 9.17) is 16.3 Å². The van der Waals surface area contributed by atoms with Gasteiger partial charge in [-0.1, -0.05) is 35.9 Å². The maximum Gasteiger partial charge on any atom is 0.255 e. The average molecular weight is 399 g/mol. The number of fused-ring (bicyclic) bond motifs is 1. The topological polar surface area (TPSA) is 58.6 Å². The van der Waals surface area contributed by atoms with Gasteiger partial charge in [-0.05, 0) is 48.6 Å². The van der Waals surface area contributed by atoms with E-state index in [0.29, 0.717) is 42.2 Å². The van der Waals surface area contributed by atoms with Gasteiger partial charge in [0.15, 0.2) is 0 Å². The van der Waals surface area contributed by atoms with E-state index >= 15 is 0 Å². The fourth-order valence-electron chi connectivity index (χ4n) is 3.86. The van der Waals surface area contributed by atoms with E-state index in [-0.39, 0.29) is 17.9 Å². The number of amides is 2. The summed E-state index contributed by atoms with van der Waals surface area (Å²) in [7, 11) is 0. The Bertz CT molecular complexity index is 876. The van der Waals surface area contributed by atoms with Crippen LogP contribution in [0.3, 0.4) is 0 Å². The average Bonchev–Trinajstić information content (AvgIpc) is 3.32. The van der Waals surface area contributed by atoms with Crippen molar-refractivity contribution < 1.29 is 14.3 Å². The highest BCUT2D eigenvalue weighted by molar-refractivity contribution is 6.30. The molecule has 1 N–H and O–H groups in total. The minimum Gasteiger partial charge on any atom is -0.376 e. The molecule has 2 aromatic carbocycles. The molecule has 2 heterocycles. The molecule has 1 unspecified atom stereocenters. The molecule has 0 aliphatic carbocycles. The first-order valence-corrected chi connectivity index (χ1v) is 10.0. The van der Waals surface area contributed by atoms with E-state index in [1.165, 1.54) is 0 Å². The monoisotopic (exact) mass is 398 g/mol. The lowest BCUT2D eigenvalue weighted by molar-refractivity contribution is 0.0544. The van der Waals surface area contributed by atoms with Gasteiger partial charge in [-0.15, -0.1) is 0 Å². The summed E-state index contributed by atoms with van der Waals surface area (Å²) in [5.41, 5.74) is 2.99. The Morgan fingerprint density at radius 1 is 1.21 bits per heavy atom. The van der Waals surface area contributed by atoms with Gasteiger partial charge in [-0.2, -0.15) is 0 Å². The number of rotatable bonds is 6. The number of benzene rings is 2. The third-order valence-corrected chi connectivity index (χ3v) is 5.57. The fourth-order valence-corrected chi connectivity index (χ4v) is 3.98. The number of carbonyl (C=O) groups excluding carboxylic acids is 2. The second-order valence-corrected chi connectivity index (χ2v) is 7.73. The first kappa shape index (κ1) is 19.0. The largest absolute Gasteiger partial charge is 0.376 e. The predicted molar refractivity (Wildman–Crippen MR) is 108 cm³/mol. The van der Waals surface area contributed by atoms with E-state index < -0.39 is 0 Å². The first-order valence-electron chi connectivity index (χ1n) is 9.67. The van der Waals surface area contributed by atoms with Crippen LogP contribution in [0, 0.1) is 0 Å². The second kappa shape index (κ2) is 8.33. The molecule has 1 fully saturated rings. The quantitative estimate of drug-likeness (QED) is 0.810. The molecule has 1 atom stereocenters. The standard InChI is InChI=1S/C22H23ClN2O3/c23-17-8-6-15(7-9-17)10-11-24-21(26)19-5-1-3-16-13-25(22(27)20(16)19)14-18-4-2-12-28-18/h1,3,5-9,18H,2,4,10-14H2,(H,24,26). The van der Waals surface area contributed by atoms with Gasteiger partial charge >= 0.3 is 0 Å². The molecule has 2 aromatic rings. The third kappa shape index (κ3) is 4.05. The molecule has 0 aromatic heterocycles. The maximum atomic E-state index is 12.9. The molecule has 0 bridgehead atoms. The van der Waals surface area contributed by atoms with Crippen LogP contribution in [0.5, 0.6) is 0 Å². The molecule has 0 spiro atoms. The highest BCUT2D eigenvalue weighted by Crippen LogP contribution is 2.27. The van der Waals surface area contributed by atoms with Gasteiger partial charge in [0.05, 0.1) is 17.2 Å². The normalized spacial score (nSPS) is 18.4. The van der Waals surface area contributed by atoms with Gasteiger partial charge in [0.1, 0.15) is 0 Å². The molecule has 146 valence electrons. The third-order valence-electron chi connectivity index (χ3n) is 5.32. The summed E-state index contributed by atoms with van der Waals surface area (Å²) in [5, 5.41) is 3.63. The Labute approximate surface area is 169 Å². The van der Waals surface area contributed by atoms with E-state index in [1.807, 2.05) is 36.4 Å². The molecule has 1 saturated heterocycles. The van der Waals surface area contributed by atoms with Crippen molar-refractivity contribution in [3.05, 3.63) is 69.7 Å². The number of nitrogens with one attached hydrogen (secondary N) is 1. The minimum atomic E-state index is -0.210. The Morgan fingerprint density at radius 2 is 2.04 bits per heavy atom. The van der Waals surface area contributed by atoms with Gasteiger partial charge in [0, 0.05) is 31.3 Å². The van der Waals surface area contributed by atoms with Crippen LogP contribution in [0.1, 0.15) is 44.7 Å². The SMILES string of the molecule is O=C(NCCc1ccc(Cl)cc1)c1cccc2c1C(=O)N(CC1CCCO1)C2. The zero-order valence-corrected chi connectivity index (χ0v) is 16.4. The van der Waals surface area contributed by atoms with Crippen molar-refractivity contribution in [1.29, 1.82) is 0 Å². The molecule has 6 heteroatoms. The summed E-state index contributed by atoms with van der Waals surface area (Å²) < 4.78 is 5.66. The summed E-state index contributed by atoms with van der Waals surface area (Å²) in [6.07, 6.45) is 2.84. The molecule has 0 saturated carbocycles. The highest BCUT2D eigenvalue weighted by Gasteiger charge is 2.33. The van der Waals surface area contributed by atoms with Crippen LogP contribution in [0.25, 0.3) is 0 Å². The van der Waals surface area contributed by atoms with Crippen LogP contribution < -0.4 is 5.32 Å². The highest BCUT2D eigenvalue weighted by atomic mass is 35.5. The summed E-state index contributed by atoms with van der Waals surface area (Å²) >= 11 is 5.90. The van der Waals surface area contributed by atoms with Crippen molar-refractivity contribution in [2.24, 2.45) is 0 Å². The molecule has 2 aliphatic rings. The van der Waals surface area contributed by atoms with Gasteiger partial charge in [-0.3, -0.25) is 9.59 Å². The molecule has 5 nitrogen and oxygen atoms in total. The Balaban J connectivity index is 1.40. The summed E-state index contributed by atoms with van der Waals surface area (Å²) in [6, 6.07) is 13.1. The summed E-state index contributed by atoms with van der Waals surface area (Å²) in [6.45, 7) is 2.39. The van der Waals surface area contributed by atoms with Crippen LogP contribution >= 0.6 is 11.6 Å². The van der Waals surface area contributed by atoms with Crippen molar-refractivity contribution in [3.8, 4) is 0 Å². The van der Waals surface area contributed by atoms with Crippen LogP contribution in [0.2, 0.25) is 5.02 Å². The van der Waals surface area contributed by atoms with E-state index in [9.17, 15) is 9.59 Å². The minimum absolute atomic E-state index is 0.0750. The van der Waals surface area contributed by atoms with E-state index in [1.54, 1.807) is 11.0 Å². The van der Waals surface area contributed by atoms with Crippen molar-refractivity contribution >= 4 is 23.4 Å². The number of nitrogens with zero attached hydrogens (tertiary/aromatic N) is 1. The number of hydrogen-bond donors (Lipinski definition) is 1. The Hall–Kier alpha value is -2.37. The van der Waals surface area contributed by atoms with Crippen LogP contribution in [-0.4, -0.2) is 42.5 Å². The van der Waals surface area contributed by atoms with Gasteiger partial charge in [0.25, 0.3) is 11.8 Å². The molecule has 2 amide bonds. The number of halogens is 1. The molecule has 4 rings (SSSR count).